The van der Waals surface area contributed by atoms with Crippen LogP contribution in [0.1, 0.15) is 29.6 Å². The van der Waals surface area contributed by atoms with Crippen LogP contribution in [-0.2, 0) is 11.8 Å². The molecule has 1 aromatic heterocycles. The number of aryl methyl sites for hydroxylation is 1. The number of nitrogens with one attached hydrogen (secondary N) is 1. The summed E-state index contributed by atoms with van der Waals surface area (Å²) in [7, 11) is 3.40. The molecule has 7 heteroatoms. The maximum absolute atomic E-state index is 12.3. The highest BCUT2D eigenvalue weighted by Gasteiger charge is 2.19. The predicted molar refractivity (Wildman–Crippen MR) is 90.0 cm³/mol. The second kappa shape index (κ2) is 6.90. The van der Waals surface area contributed by atoms with Crippen LogP contribution < -0.4 is 10.1 Å². The fourth-order valence-electron chi connectivity index (χ4n) is 3.07. The molecule has 1 aromatic carbocycles. The zero-order chi connectivity index (χ0) is 17.1. The standard InChI is InChI=1S/C17H22N4O3/c1-20-17(24-2)13-7-6-12(11-14(13)19-20)16(23)18-8-4-10-21-9-3-5-15(21)22/h6-7,11H,3-5,8-10H2,1-2H3,(H,18,23). The van der Waals surface area contributed by atoms with E-state index >= 15 is 0 Å². The molecule has 1 saturated heterocycles. The van der Waals surface area contributed by atoms with Gasteiger partial charge in [-0.25, -0.2) is 4.68 Å². The largest absolute Gasteiger partial charge is 0.481 e. The first kappa shape index (κ1) is 16.3. The highest BCUT2D eigenvalue weighted by atomic mass is 16.5. The first-order chi connectivity index (χ1) is 11.6. The second-order valence-electron chi connectivity index (χ2n) is 5.96. The van der Waals surface area contributed by atoms with E-state index in [1.165, 1.54) is 0 Å². The number of nitrogens with zero attached hydrogens (tertiary/aromatic N) is 3. The summed E-state index contributed by atoms with van der Waals surface area (Å²) in [5.74, 6) is 0.761. The van der Waals surface area contributed by atoms with Crippen molar-refractivity contribution in [2.45, 2.75) is 19.3 Å². The van der Waals surface area contributed by atoms with Gasteiger partial charge in [0.2, 0.25) is 11.8 Å². The third kappa shape index (κ3) is 3.20. The van der Waals surface area contributed by atoms with Crippen LogP contribution in [-0.4, -0.2) is 53.2 Å². The number of benzene rings is 1. The molecule has 7 nitrogen and oxygen atoms in total. The summed E-state index contributed by atoms with van der Waals surface area (Å²) in [6.07, 6.45) is 2.36. The van der Waals surface area contributed by atoms with E-state index in [9.17, 15) is 9.59 Å². The average molecular weight is 330 g/mol. The number of amides is 2. The molecule has 1 N–H and O–H groups in total. The van der Waals surface area contributed by atoms with E-state index in [0.717, 1.165) is 30.3 Å². The molecule has 1 aliphatic rings. The Balaban J connectivity index is 1.57. The monoisotopic (exact) mass is 330 g/mol. The minimum absolute atomic E-state index is 0.130. The van der Waals surface area contributed by atoms with Crippen molar-refractivity contribution >= 4 is 22.7 Å². The van der Waals surface area contributed by atoms with E-state index in [0.29, 0.717) is 31.0 Å². The van der Waals surface area contributed by atoms with Crippen LogP contribution >= 0.6 is 0 Å². The average Bonchev–Trinajstić information content (AvgIpc) is 3.12. The summed E-state index contributed by atoms with van der Waals surface area (Å²) in [6, 6.07) is 5.38. The molecule has 0 saturated carbocycles. The van der Waals surface area contributed by atoms with Gasteiger partial charge in [-0.3, -0.25) is 9.59 Å². The molecule has 0 radical (unpaired) electrons. The molecule has 2 aromatic rings. The molecule has 0 unspecified atom stereocenters. The van der Waals surface area contributed by atoms with Crippen LogP contribution in [0.5, 0.6) is 5.88 Å². The Morgan fingerprint density at radius 1 is 1.42 bits per heavy atom. The first-order valence-electron chi connectivity index (χ1n) is 8.17. The summed E-state index contributed by atoms with van der Waals surface area (Å²) in [5.41, 5.74) is 1.30. The third-order valence-corrected chi connectivity index (χ3v) is 4.30. The Bertz CT molecular complexity index is 769. The molecule has 0 atom stereocenters. The number of carbonyl (C=O) groups is 2. The normalized spacial score (nSPS) is 14.4. The van der Waals surface area contributed by atoms with Gasteiger partial charge in [0.25, 0.3) is 5.91 Å². The summed E-state index contributed by atoms with van der Waals surface area (Å²) in [6.45, 7) is 2.09. The molecular formula is C17H22N4O3. The molecule has 2 amide bonds. The van der Waals surface area contributed by atoms with Gasteiger partial charge in [0.1, 0.15) is 0 Å². The van der Waals surface area contributed by atoms with Gasteiger partial charge in [0.15, 0.2) is 0 Å². The smallest absolute Gasteiger partial charge is 0.251 e. The van der Waals surface area contributed by atoms with Crippen LogP contribution in [0.3, 0.4) is 0 Å². The number of rotatable bonds is 6. The maximum atomic E-state index is 12.3. The molecule has 1 fully saturated rings. The Morgan fingerprint density at radius 3 is 2.96 bits per heavy atom. The first-order valence-corrected chi connectivity index (χ1v) is 8.17. The van der Waals surface area contributed by atoms with E-state index in [4.69, 9.17) is 4.74 Å². The van der Waals surface area contributed by atoms with Crippen molar-refractivity contribution in [3.8, 4) is 5.88 Å². The Labute approximate surface area is 140 Å². The molecular weight excluding hydrogens is 308 g/mol. The van der Waals surface area contributed by atoms with Crippen molar-refractivity contribution < 1.29 is 14.3 Å². The zero-order valence-electron chi connectivity index (χ0n) is 14.0. The zero-order valence-corrected chi connectivity index (χ0v) is 14.0. The van der Waals surface area contributed by atoms with Crippen LogP contribution in [0.4, 0.5) is 0 Å². The van der Waals surface area contributed by atoms with Crippen LogP contribution in [0, 0.1) is 0 Å². The lowest BCUT2D eigenvalue weighted by atomic mass is 10.1. The summed E-state index contributed by atoms with van der Waals surface area (Å²) in [5, 5.41) is 8.13. The molecule has 0 bridgehead atoms. The highest BCUT2D eigenvalue weighted by Crippen LogP contribution is 2.25. The Hall–Kier alpha value is -2.57. The van der Waals surface area contributed by atoms with Crippen molar-refractivity contribution in [2.24, 2.45) is 7.05 Å². The third-order valence-electron chi connectivity index (χ3n) is 4.30. The van der Waals surface area contributed by atoms with Gasteiger partial charge < -0.3 is 15.0 Å². The van der Waals surface area contributed by atoms with Gasteiger partial charge in [-0.05, 0) is 31.0 Å². The number of hydrogen-bond donors (Lipinski definition) is 1. The Kier molecular flexibility index (Phi) is 4.69. The molecule has 0 aliphatic carbocycles. The number of ether oxygens (including phenoxy) is 1. The number of likely N-dealkylation sites (tertiary alicyclic amines) is 1. The fourth-order valence-corrected chi connectivity index (χ4v) is 3.07. The van der Waals surface area contributed by atoms with E-state index < -0.39 is 0 Å². The highest BCUT2D eigenvalue weighted by molar-refractivity contribution is 5.98. The van der Waals surface area contributed by atoms with E-state index in [2.05, 4.69) is 10.4 Å². The van der Waals surface area contributed by atoms with Crippen molar-refractivity contribution in [3.05, 3.63) is 23.8 Å². The van der Waals surface area contributed by atoms with Gasteiger partial charge in [0.05, 0.1) is 18.0 Å². The fraction of sp³-hybridized carbons (Fsp3) is 0.471. The van der Waals surface area contributed by atoms with Gasteiger partial charge in [-0.1, -0.05) is 0 Å². The van der Waals surface area contributed by atoms with E-state index in [1.807, 2.05) is 11.0 Å². The topological polar surface area (TPSA) is 76.5 Å². The lowest BCUT2D eigenvalue weighted by Crippen LogP contribution is -2.30. The van der Waals surface area contributed by atoms with E-state index in [1.54, 1.807) is 31.0 Å². The van der Waals surface area contributed by atoms with Crippen molar-refractivity contribution in [3.63, 3.8) is 0 Å². The molecule has 2 heterocycles. The van der Waals surface area contributed by atoms with E-state index in [-0.39, 0.29) is 11.8 Å². The van der Waals surface area contributed by atoms with Crippen molar-refractivity contribution in [1.29, 1.82) is 0 Å². The summed E-state index contributed by atoms with van der Waals surface area (Å²) in [4.78, 5) is 25.6. The minimum Gasteiger partial charge on any atom is -0.481 e. The minimum atomic E-state index is -0.130. The number of aromatic nitrogens is 2. The quantitative estimate of drug-likeness (QED) is 0.811. The predicted octanol–water partition coefficient (Wildman–Crippen LogP) is 1.32. The molecule has 1 aliphatic heterocycles. The van der Waals surface area contributed by atoms with Crippen molar-refractivity contribution in [2.75, 3.05) is 26.7 Å². The number of hydrogen-bond acceptors (Lipinski definition) is 4. The van der Waals surface area contributed by atoms with Crippen molar-refractivity contribution in [1.82, 2.24) is 20.0 Å². The maximum Gasteiger partial charge on any atom is 0.251 e. The second-order valence-corrected chi connectivity index (χ2v) is 5.96. The van der Waals surface area contributed by atoms with Gasteiger partial charge in [-0.15, -0.1) is 0 Å². The van der Waals surface area contributed by atoms with Crippen LogP contribution in [0.2, 0.25) is 0 Å². The van der Waals surface area contributed by atoms with Gasteiger partial charge in [-0.2, -0.15) is 5.10 Å². The number of methoxy groups -OCH3 is 1. The summed E-state index contributed by atoms with van der Waals surface area (Å²) < 4.78 is 6.96. The molecule has 3 rings (SSSR count). The SMILES string of the molecule is COc1c2ccc(C(=O)NCCCN3CCCC3=O)cc2nn1C. The Morgan fingerprint density at radius 2 is 2.25 bits per heavy atom. The molecule has 0 spiro atoms. The van der Waals surface area contributed by atoms with Gasteiger partial charge >= 0.3 is 0 Å². The molecule has 24 heavy (non-hydrogen) atoms. The summed E-state index contributed by atoms with van der Waals surface area (Å²) >= 11 is 0. The number of carbonyl (C=O) groups excluding carboxylic acids is 2. The van der Waals surface area contributed by atoms with Crippen LogP contribution in [0.15, 0.2) is 18.2 Å². The lowest BCUT2D eigenvalue weighted by Gasteiger charge is -2.15. The molecule has 128 valence electrons. The van der Waals surface area contributed by atoms with Gasteiger partial charge in [0, 0.05) is 38.7 Å². The van der Waals surface area contributed by atoms with Crippen LogP contribution in [0.25, 0.3) is 10.9 Å². The lowest BCUT2D eigenvalue weighted by molar-refractivity contribution is -0.127. The number of fused-ring (bicyclic) bond motifs is 1.